The number of aromatic nitrogens is 1. The number of pyridine rings is 1. The topological polar surface area (TPSA) is 42.4 Å². The van der Waals surface area contributed by atoms with E-state index in [0.29, 0.717) is 5.92 Å². The van der Waals surface area contributed by atoms with Crippen LogP contribution in [0.2, 0.25) is 0 Å². The second-order valence-electron chi connectivity index (χ2n) is 4.67. The quantitative estimate of drug-likeness (QED) is 0.881. The van der Waals surface area contributed by atoms with Crippen LogP contribution >= 0.6 is 0 Å². The van der Waals surface area contributed by atoms with E-state index in [-0.39, 0.29) is 24.2 Å². The summed E-state index contributed by atoms with van der Waals surface area (Å²) >= 11 is 0. The molecule has 1 saturated carbocycles. The highest BCUT2D eigenvalue weighted by atomic mass is 19.1. The number of nitrogens with zero attached hydrogens (tertiary/aromatic N) is 1. The summed E-state index contributed by atoms with van der Waals surface area (Å²) in [5.41, 5.74) is 0.235. The van der Waals surface area contributed by atoms with Gasteiger partial charge in [-0.2, -0.15) is 0 Å². The molecule has 0 bridgehead atoms. The van der Waals surface area contributed by atoms with Crippen LogP contribution in [0, 0.1) is 11.7 Å². The summed E-state index contributed by atoms with van der Waals surface area (Å²) in [5.74, 6) is -0.0780. The zero-order valence-electron chi connectivity index (χ0n) is 10.0. The van der Waals surface area contributed by atoms with Gasteiger partial charge in [-0.15, -0.1) is 0 Å². The molecule has 4 heteroatoms. The molecule has 2 atom stereocenters. The van der Waals surface area contributed by atoms with E-state index in [1.54, 1.807) is 0 Å². The summed E-state index contributed by atoms with van der Waals surface area (Å²) in [5, 5.41) is 8.98. The summed E-state index contributed by atoms with van der Waals surface area (Å²) in [6.07, 6.45) is 5.92. The second-order valence-corrected chi connectivity index (χ2v) is 4.67. The van der Waals surface area contributed by atoms with Crippen molar-refractivity contribution in [3.63, 3.8) is 0 Å². The van der Waals surface area contributed by atoms with Gasteiger partial charge >= 0.3 is 0 Å². The van der Waals surface area contributed by atoms with Gasteiger partial charge in [-0.3, -0.25) is 0 Å². The first-order valence-corrected chi connectivity index (χ1v) is 6.13. The van der Waals surface area contributed by atoms with Crippen molar-refractivity contribution >= 4 is 0 Å². The van der Waals surface area contributed by atoms with Crippen molar-refractivity contribution in [2.75, 3.05) is 0 Å². The van der Waals surface area contributed by atoms with E-state index < -0.39 is 5.82 Å². The highest BCUT2D eigenvalue weighted by Crippen LogP contribution is 2.28. The van der Waals surface area contributed by atoms with E-state index >= 15 is 0 Å². The largest absolute Gasteiger partial charge is 0.472 e. The third-order valence-electron chi connectivity index (χ3n) is 3.40. The van der Waals surface area contributed by atoms with Crippen LogP contribution in [-0.4, -0.2) is 16.2 Å². The van der Waals surface area contributed by atoms with Gasteiger partial charge in [0.15, 0.2) is 5.82 Å². The minimum atomic E-state index is -0.534. The van der Waals surface area contributed by atoms with Crippen molar-refractivity contribution in [3.05, 3.63) is 23.6 Å². The first kappa shape index (κ1) is 12.3. The Labute approximate surface area is 101 Å². The van der Waals surface area contributed by atoms with Crippen molar-refractivity contribution in [2.24, 2.45) is 5.92 Å². The van der Waals surface area contributed by atoms with Gasteiger partial charge in [0.1, 0.15) is 6.10 Å². The molecule has 0 amide bonds. The first-order valence-electron chi connectivity index (χ1n) is 6.13. The molecule has 2 rings (SSSR count). The van der Waals surface area contributed by atoms with Crippen molar-refractivity contribution in [1.29, 1.82) is 0 Å². The number of aliphatic hydroxyl groups excluding tert-OH is 1. The lowest BCUT2D eigenvalue weighted by Gasteiger charge is -2.28. The predicted octanol–water partition coefficient (Wildman–Crippen LogP) is 2.67. The highest BCUT2D eigenvalue weighted by molar-refractivity contribution is 5.23. The normalized spacial score (nSPS) is 24.6. The lowest BCUT2D eigenvalue weighted by atomic mass is 9.88. The summed E-state index contributed by atoms with van der Waals surface area (Å²) in [6.45, 7) is 1.79. The average molecular weight is 239 g/mol. The van der Waals surface area contributed by atoms with Gasteiger partial charge in [-0.05, 0) is 31.2 Å². The lowest BCUT2D eigenvalue weighted by Crippen LogP contribution is -2.29. The van der Waals surface area contributed by atoms with Crippen molar-refractivity contribution in [2.45, 2.75) is 45.3 Å². The number of rotatable bonds is 3. The van der Waals surface area contributed by atoms with E-state index in [0.717, 1.165) is 19.3 Å². The fraction of sp³-hybridized carbons (Fsp3) is 0.615. The first-order chi connectivity index (χ1) is 8.22. The van der Waals surface area contributed by atoms with Crippen LogP contribution in [0.3, 0.4) is 0 Å². The van der Waals surface area contributed by atoms with Crippen LogP contribution in [-0.2, 0) is 6.61 Å². The lowest BCUT2D eigenvalue weighted by molar-refractivity contribution is 0.0920. The molecule has 0 radical (unpaired) electrons. The Morgan fingerprint density at radius 3 is 2.94 bits per heavy atom. The molecule has 1 N–H and O–H groups in total. The Bertz CT molecular complexity index is 384. The average Bonchev–Trinajstić information content (AvgIpc) is 2.34. The van der Waals surface area contributed by atoms with Crippen LogP contribution in [0.1, 0.15) is 38.2 Å². The smallest absolute Gasteiger partial charge is 0.251 e. The van der Waals surface area contributed by atoms with Gasteiger partial charge in [0.2, 0.25) is 0 Å². The number of ether oxygens (including phenoxy) is 1. The monoisotopic (exact) mass is 239 g/mol. The Morgan fingerprint density at radius 1 is 1.47 bits per heavy atom. The molecule has 94 valence electrons. The summed E-state index contributed by atoms with van der Waals surface area (Å²) in [7, 11) is 0. The van der Waals surface area contributed by atoms with Crippen molar-refractivity contribution < 1.29 is 14.2 Å². The summed E-state index contributed by atoms with van der Waals surface area (Å²) in [4.78, 5) is 3.91. The molecule has 0 aliphatic heterocycles. The molecular formula is C13H18FNO2. The van der Waals surface area contributed by atoms with Gasteiger partial charge in [0, 0.05) is 11.8 Å². The molecule has 2 unspecified atom stereocenters. The maximum absolute atomic E-state index is 13.8. The molecule has 1 aliphatic rings. The van der Waals surface area contributed by atoms with Crippen LogP contribution in [0.5, 0.6) is 5.88 Å². The zero-order valence-corrected chi connectivity index (χ0v) is 10.0. The Balaban J connectivity index is 2.12. The molecule has 1 aliphatic carbocycles. The minimum absolute atomic E-state index is 0.0234. The van der Waals surface area contributed by atoms with E-state index in [2.05, 4.69) is 11.9 Å². The van der Waals surface area contributed by atoms with Crippen LogP contribution in [0.15, 0.2) is 12.3 Å². The van der Waals surface area contributed by atoms with Gasteiger partial charge in [0.25, 0.3) is 5.88 Å². The van der Waals surface area contributed by atoms with E-state index in [9.17, 15) is 4.39 Å². The molecule has 1 aromatic heterocycles. The molecule has 3 nitrogen and oxygen atoms in total. The minimum Gasteiger partial charge on any atom is -0.472 e. The van der Waals surface area contributed by atoms with Crippen molar-refractivity contribution in [1.82, 2.24) is 4.98 Å². The number of halogens is 1. The summed E-state index contributed by atoms with van der Waals surface area (Å²) < 4.78 is 19.5. The Kier molecular flexibility index (Phi) is 3.94. The molecule has 1 aromatic rings. The van der Waals surface area contributed by atoms with Gasteiger partial charge in [-0.25, -0.2) is 9.37 Å². The maximum atomic E-state index is 13.8. The fourth-order valence-corrected chi connectivity index (χ4v) is 2.27. The molecule has 1 heterocycles. The van der Waals surface area contributed by atoms with Crippen LogP contribution < -0.4 is 4.74 Å². The summed E-state index contributed by atoms with van der Waals surface area (Å²) in [6, 6.07) is 1.46. The molecule has 0 aromatic carbocycles. The van der Waals surface area contributed by atoms with E-state index in [1.165, 1.54) is 18.7 Å². The maximum Gasteiger partial charge on any atom is 0.251 e. The van der Waals surface area contributed by atoms with Gasteiger partial charge < -0.3 is 9.84 Å². The SMILES string of the molecule is CC1CCCCC1Oc1nccc(CO)c1F. The standard InChI is InChI=1S/C13H18FNO2/c1-9-4-2-3-5-11(9)17-13-12(14)10(8-16)6-7-15-13/h6-7,9,11,16H,2-5,8H2,1H3. The van der Waals surface area contributed by atoms with E-state index in [1.807, 2.05) is 0 Å². The fourth-order valence-electron chi connectivity index (χ4n) is 2.27. The van der Waals surface area contributed by atoms with Gasteiger partial charge in [0.05, 0.1) is 6.61 Å². The predicted molar refractivity (Wildman–Crippen MR) is 62.2 cm³/mol. The van der Waals surface area contributed by atoms with Gasteiger partial charge in [-0.1, -0.05) is 13.3 Å². The molecular weight excluding hydrogens is 221 g/mol. The third kappa shape index (κ3) is 2.75. The molecule has 0 saturated heterocycles. The second kappa shape index (κ2) is 5.45. The number of hydrogen-bond donors (Lipinski definition) is 1. The van der Waals surface area contributed by atoms with Crippen LogP contribution in [0.4, 0.5) is 4.39 Å². The molecule has 1 fully saturated rings. The third-order valence-corrected chi connectivity index (χ3v) is 3.40. The number of aliphatic hydroxyl groups is 1. The highest BCUT2D eigenvalue weighted by Gasteiger charge is 2.24. The Morgan fingerprint density at radius 2 is 2.24 bits per heavy atom. The molecule has 17 heavy (non-hydrogen) atoms. The Hall–Kier alpha value is -1.16. The van der Waals surface area contributed by atoms with Crippen molar-refractivity contribution in [3.8, 4) is 5.88 Å². The zero-order chi connectivity index (χ0) is 12.3. The van der Waals surface area contributed by atoms with E-state index in [4.69, 9.17) is 9.84 Å². The molecule has 0 spiro atoms. The number of hydrogen-bond acceptors (Lipinski definition) is 3. The van der Waals surface area contributed by atoms with Crippen LogP contribution in [0.25, 0.3) is 0 Å².